The molecule has 4 heteroatoms. The highest BCUT2D eigenvalue weighted by Gasteiger charge is 2.18. The molecule has 154 valence electrons. The fourth-order valence-corrected chi connectivity index (χ4v) is 4.23. The number of pyridine rings is 1. The maximum atomic E-state index is 13.3. The zero-order chi connectivity index (χ0) is 21.6. The normalized spacial score (nSPS) is 15.8. The summed E-state index contributed by atoms with van der Waals surface area (Å²) in [6.45, 7) is 0. The molecular formula is C27H23BrN2O. The monoisotopic (exact) mass is 470 g/mol. The number of rotatable bonds is 4. The van der Waals surface area contributed by atoms with Gasteiger partial charge in [0, 0.05) is 16.2 Å². The van der Waals surface area contributed by atoms with Crippen molar-refractivity contribution in [3.63, 3.8) is 0 Å². The van der Waals surface area contributed by atoms with Gasteiger partial charge >= 0.3 is 0 Å². The Morgan fingerprint density at radius 3 is 2.32 bits per heavy atom. The number of carbonyl (C=O) groups is 1. The van der Waals surface area contributed by atoms with Crippen molar-refractivity contribution in [3.8, 4) is 28.3 Å². The van der Waals surface area contributed by atoms with E-state index in [-0.39, 0.29) is 5.78 Å². The quantitative estimate of drug-likeness (QED) is 0.370. The summed E-state index contributed by atoms with van der Waals surface area (Å²) in [5.41, 5.74) is 5.86. The summed E-state index contributed by atoms with van der Waals surface area (Å²) < 4.78 is 1.01. The molecule has 0 fully saturated rings. The number of aromatic nitrogens is 1. The Bertz CT molecular complexity index is 1160. The Balaban J connectivity index is 1.79. The first-order valence-electron chi connectivity index (χ1n) is 10.7. The zero-order valence-electron chi connectivity index (χ0n) is 17.3. The highest BCUT2D eigenvalue weighted by atomic mass is 79.9. The van der Waals surface area contributed by atoms with Gasteiger partial charge in [0.1, 0.15) is 5.69 Å². The van der Waals surface area contributed by atoms with E-state index in [2.05, 4.69) is 33.1 Å². The standard InChI is InChI=1S/C27H23BrN2O/c28-23-14-12-21(13-15-23)25-18-30-26(27(31)22-6-4-2-1-3-5-7-22)16-24(25)20-10-8-19(17-29)9-11-20/h6,8-16,18H,1-5,7H2/b22-6-. The molecule has 4 rings (SSSR count). The van der Waals surface area contributed by atoms with E-state index in [4.69, 9.17) is 5.26 Å². The third kappa shape index (κ3) is 5.00. The second kappa shape index (κ2) is 9.85. The van der Waals surface area contributed by atoms with Crippen molar-refractivity contribution >= 4 is 21.7 Å². The van der Waals surface area contributed by atoms with Gasteiger partial charge in [-0.25, -0.2) is 0 Å². The van der Waals surface area contributed by atoms with Crippen LogP contribution in [0.5, 0.6) is 0 Å². The van der Waals surface area contributed by atoms with Crippen LogP contribution < -0.4 is 0 Å². The summed E-state index contributed by atoms with van der Waals surface area (Å²) >= 11 is 3.49. The molecule has 0 amide bonds. The van der Waals surface area contributed by atoms with Gasteiger partial charge in [0.05, 0.1) is 11.6 Å². The van der Waals surface area contributed by atoms with Crippen LogP contribution in [-0.4, -0.2) is 10.8 Å². The number of benzene rings is 2. The van der Waals surface area contributed by atoms with Crippen LogP contribution in [0.1, 0.15) is 54.6 Å². The van der Waals surface area contributed by atoms with Gasteiger partial charge in [-0.15, -0.1) is 0 Å². The minimum absolute atomic E-state index is 0.0270. The number of carbonyl (C=O) groups excluding carboxylic acids is 1. The molecule has 0 saturated heterocycles. The van der Waals surface area contributed by atoms with Gasteiger partial charge in [-0.2, -0.15) is 5.26 Å². The van der Waals surface area contributed by atoms with Crippen molar-refractivity contribution in [1.82, 2.24) is 4.98 Å². The van der Waals surface area contributed by atoms with Crippen molar-refractivity contribution in [1.29, 1.82) is 5.26 Å². The van der Waals surface area contributed by atoms with Crippen LogP contribution in [0.4, 0.5) is 0 Å². The molecule has 3 nitrogen and oxygen atoms in total. The molecule has 0 bridgehead atoms. The van der Waals surface area contributed by atoms with Gasteiger partial charge in [-0.05, 0) is 78.3 Å². The van der Waals surface area contributed by atoms with Gasteiger partial charge in [0.25, 0.3) is 0 Å². The zero-order valence-corrected chi connectivity index (χ0v) is 18.9. The van der Waals surface area contributed by atoms with Crippen LogP contribution >= 0.6 is 15.9 Å². The molecular weight excluding hydrogens is 448 g/mol. The lowest BCUT2D eigenvalue weighted by Crippen LogP contribution is -2.08. The van der Waals surface area contributed by atoms with E-state index in [1.807, 2.05) is 42.5 Å². The molecule has 0 saturated carbocycles. The lowest BCUT2D eigenvalue weighted by Gasteiger charge is -2.14. The molecule has 1 heterocycles. The van der Waals surface area contributed by atoms with Crippen LogP contribution in [0.25, 0.3) is 22.3 Å². The second-order valence-corrected chi connectivity index (χ2v) is 8.74. The van der Waals surface area contributed by atoms with Crippen molar-refractivity contribution in [3.05, 3.63) is 88.2 Å². The number of halogens is 1. The predicted octanol–water partition coefficient (Wildman–Crippen LogP) is 7.51. The minimum atomic E-state index is 0.0270. The van der Waals surface area contributed by atoms with Gasteiger partial charge in [-0.3, -0.25) is 9.78 Å². The highest BCUT2D eigenvalue weighted by molar-refractivity contribution is 9.10. The maximum Gasteiger partial charge on any atom is 0.207 e. The van der Waals surface area contributed by atoms with Gasteiger partial charge < -0.3 is 0 Å². The molecule has 0 unspecified atom stereocenters. The Morgan fingerprint density at radius 1 is 0.903 bits per heavy atom. The summed E-state index contributed by atoms with van der Waals surface area (Å²) in [6.07, 6.45) is 10.3. The van der Waals surface area contributed by atoms with Crippen molar-refractivity contribution in [2.24, 2.45) is 0 Å². The number of ketones is 1. The number of nitriles is 1. The van der Waals surface area contributed by atoms with Crippen LogP contribution in [0.3, 0.4) is 0 Å². The summed E-state index contributed by atoms with van der Waals surface area (Å²) in [4.78, 5) is 17.8. The minimum Gasteiger partial charge on any atom is -0.287 e. The average Bonchev–Trinajstić information content (AvgIpc) is 2.79. The van der Waals surface area contributed by atoms with E-state index < -0.39 is 0 Å². The highest BCUT2D eigenvalue weighted by Crippen LogP contribution is 2.34. The molecule has 0 aliphatic heterocycles. The van der Waals surface area contributed by atoms with E-state index in [1.165, 1.54) is 12.8 Å². The maximum absolute atomic E-state index is 13.3. The van der Waals surface area contributed by atoms with Crippen molar-refractivity contribution < 1.29 is 4.79 Å². The molecule has 0 radical (unpaired) electrons. The fraction of sp³-hybridized carbons (Fsp3) is 0.222. The lowest BCUT2D eigenvalue weighted by atomic mass is 9.92. The van der Waals surface area contributed by atoms with Gasteiger partial charge in [0.15, 0.2) is 0 Å². The summed E-state index contributed by atoms with van der Waals surface area (Å²) in [7, 11) is 0. The van der Waals surface area contributed by atoms with Crippen LogP contribution in [0.15, 0.2) is 76.9 Å². The van der Waals surface area contributed by atoms with Crippen LogP contribution in [0.2, 0.25) is 0 Å². The third-order valence-corrected chi connectivity index (χ3v) is 6.23. The van der Waals surface area contributed by atoms with Gasteiger partial charge in [0.2, 0.25) is 5.78 Å². The van der Waals surface area contributed by atoms with Crippen molar-refractivity contribution in [2.75, 3.05) is 0 Å². The summed E-state index contributed by atoms with van der Waals surface area (Å²) in [5, 5.41) is 9.15. The number of allylic oxidation sites excluding steroid dienone is 2. The smallest absolute Gasteiger partial charge is 0.207 e. The topological polar surface area (TPSA) is 53.8 Å². The van der Waals surface area contributed by atoms with Crippen LogP contribution in [0, 0.1) is 11.3 Å². The van der Waals surface area contributed by atoms with E-state index >= 15 is 0 Å². The Kier molecular flexibility index (Phi) is 6.74. The number of hydrogen-bond acceptors (Lipinski definition) is 3. The Morgan fingerprint density at radius 2 is 1.58 bits per heavy atom. The van der Waals surface area contributed by atoms with Crippen LogP contribution in [-0.2, 0) is 0 Å². The number of nitrogens with zero attached hydrogens (tertiary/aromatic N) is 2. The fourth-order valence-electron chi connectivity index (χ4n) is 3.96. The molecule has 2 aromatic carbocycles. The predicted molar refractivity (Wildman–Crippen MR) is 128 cm³/mol. The third-order valence-electron chi connectivity index (χ3n) is 5.70. The second-order valence-electron chi connectivity index (χ2n) is 7.82. The first kappa shape index (κ1) is 21.2. The van der Waals surface area contributed by atoms with Crippen molar-refractivity contribution in [2.45, 2.75) is 38.5 Å². The molecule has 0 N–H and O–H groups in total. The SMILES string of the molecule is N#Cc1ccc(-c2cc(C(=O)/C3=C\CCCCCC3)ncc2-c2ccc(Br)cc2)cc1. The molecule has 0 spiro atoms. The molecule has 3 aromatic rings. The number of Topliss-reactive ketones (excluding diaryl/α,β-unsaturated/α-hetero) is 1. The molecule has 1 aliphatic rings. The number of hydrogen-bond donors (Lipinski definition) is 0. The first-order valence-corrected chi connectivity index (χ1v) is 11.5. The first-order chi connectivity index (χ1) is 15.2. The van der Waals surface area contributed by atoms with E-state index in [9.17, 15) is 4.79 Å². The Hall–Kier alpha value is -3.03. The summed E-state index contributed by atoms with van der Waals surface area (Å²) in [6, 6.07) is 19.6. The molecule has 0 atom stereocenters. The van der Waals surface area contributed by atoms with E-state index in [0.29, 0.717) is 11.3 Å². The molecule has 1 aromatic heterocycles. The van der Waals surface area contributed by atoms with E-state index in [1.54, 1.807) is 18.3 Å². The van der Waals surface area contributed by atoms with E-state index in [0.717, 1.165) is 58.0 Å². The Labute approximate surface area is 191 Å². The largest absolute Gasteiger partial charge is 0.287 e. The average molecular weight is 471 g/mol. The molecule has 1 aliphatic carbocycles. The summed E-state index contributed by atoms with van der Waals surface area (Å²) in [5.74, 6) is 0.0270. The lowest BCUT2D eigenvalue weighted by molar-refractivity contribution is 0.102. The van der Waals surface area contributed by atoms with Gasteiger partial charge in [-0.1, -0.05) is 59.1 Å². The molecule has 31 heavy (non-hydrogen) atoms.